The lowest BCUT2D eigenvalue weighted by atomic mass is 10.0. The Morgan fingerprint density at radius 3 is 2.44 bits per heavy atom. The zero-order chi connectivity index (χ0) is 29.1. The number of benzene rings is 2. The summed E-state index contributed by atoms with van der Waals surface area (Å²) in [6, 6.07) is 12.9. The molecule has 212 valence electrons. The Kier molecular flexibility index (Phi) is 8.44. The molecule has 3 heterocycles. The molecule has 41 heavy (non-hydrogen) atoms. The zero-order valence-electron chi connectivity index (χ0n) is 22.5. The molecule has 2 aromatic heterocycles. The monoisotopic (exact) mass is 594 g/mol. The van der Waals surface area contributed by atoms with Crippen LogP contribution < -0.4 is 25.7 Å². The van der Waals surface area contributed by atoms with Gasteiger partial charge in [0.05, 0.1) is 29.8 Å². The van der Waals surface area contributed by atoms with Gasteiger partial charge in [-0.3, -0.25) is 14.2 Å². The molecule has 0 spiro atoms. The molecule has 1 saturated heterocycles. The van der Waals surface area contributed by atoms with Gasteiger partial charge in [-0.2, -0.15) is 4.98 Å². The van der Waals surface area contributed by atoms with Crippen molar-refractivity contribution < 1.29 is 14.3 Å². The highest BCUT2D eigenvalue weighted by Crippen LogP contribution is 2.45. The first kappa shape index (κ1) is 28.4. The van der Waals surface area contributed by atoms with E-state index in [1.54, 1.807) is 27.8 Å². The molecule has 12 heteroatoms. The number of ether oxygens (including phenoxy) is 2. The van der Waals surface area contributed by atoms with Crippen molar-refractivity contribution in [1.29, 1.82) is 0 Å². The molecule has 1 amide bonds. The number of anilines is 2. The summed E-state index contributed by atoms with van der Waals surface area (Å²) in [6.07, 6.45) is 2.95. The number of hydrogen-bond donors (Lipinski definition) is 2. The highest BCUT2D eigenvalue weighted by Gasteiger charge is 2.29. The minimum absolute atomic E-state index is 0.101. The number of amides is 1. The molecular weight excluding hydrogens is 567 g/mol. The second-order valence-electron chi connectivity index (χ2n) is 9.36. The number of para-hydroxylation sites is 1. The molecule has 1 aliphatic rings. The summed E-state index contributed by atoms with van der Waals surface area (Å²) in [5, 5.41) is 7.56. The minimum Gasteiger partial charge on any atom is -0.495 e. The van der Waals surface area contributed by atoms with Crippen molar-refractivity contribution >= 4 is 51.8 Å². The third kappa shape index (κ3) is 5.72. The number of carbonyl (C=O) groups excluding carboxylic acids is 1. The molecule has 0 bridgehead atoms. The van der Waals surface area contributed by atoms with E-state index in [4.69, 9.17) is 37.7 Å². The Labute approximate surface area is 246 Å². The number of halogens is 2. The summed E-state index contributed by atoms with van der Waals surface area (Å²) in [6.45, 7) is 5.41. The van der Waals surface area contributed by atoms with Crippen molar-refractivity contribution in [2.45, 2.75) is 12.6 Å². The van der Waals surface area contributed by atoms with E-state index in [0.29, 0.717) is 53.7 Å². The third-order valence-corrected chi connectivity index (χ3v) is 7.59. The molecule has 0 atom stereocenters. The fourth-order valence-electron chi connectivity index (χ4n) is 4.68. The van der Waals surface area contributed by atoms with Gasteiger partial charge in [-0.1, -0.05) is 48.0 Å². The van der Waals surface area contributed by atoms with E-state index in [9.17, 15) is 9.59 Å². The number of carbonyl (C=O) groups is 1. The molecule has 0 saturated carbocycles. The lowest BCUT2D eigenvalue weighted by Crippen LogP contribution is -2.59. The molecule has 0 radical (unpaired) electrons. The molecule has 1 aliphatic heterocycles. The van der Waals surface area contributed by atoms with Gasteiger partial charge in [0.1, 0.15) is 17.1 Å². The van der Waals surface area contributed by atoms with Crippen LogP contribution in [0, 0.1) is 0 Å². The van der Waals surface area contributed by atoms with Crippen molar-refractivity contribution in [1.82, 2.24) is 24.8 Å². The number of hydrogen-bond acceptors (Lipinski definition) is 8. The molecule has 0 unspecified atom stereocenters. The van der Waals surface area contributed by atoms with E-state index in [2.05, 4.69) is 22.2 Å². The normalized spacial score (nSPS) is 13.1. The predicted molar refractivity (Wildman–Crippen MR) is 161 cm³/mol. The zero-order valence-corrected chi connectivity index (χ0v) is 24.0. The molecule has 0 aliphatic carbocycles. The fraction of sp³-hybridized carbons (Fsp3) is 0.241. The van der Waals surface area contributed by atoms with Gasteiger partial charge in [0, 0.05) is 61.1 Å². The summed E-state index contributed by atoms with van der Waals surface area (Å²) in [5.41, 5.74) is 1.45. The topological polar surface area (TPSA) is 111 Å². The van der Waals surface area contributed by atoms with E-state index in [-0.39, 0.29) is 39.7 Å². The van der Waals surface area contributed by atoms with Crippen LogP contribution in [-0.2, 0) is 11.3 Å². The van der Waals surface area contributed by atoms with Crippen LogP contribution in [0.25, 0.3) is 22.2 Å². The Bertz CT molecular complexity index is 1640. The van der Waals surface area contributed by atoms with Crippen LogP contribution in [0.1, 0.15) is 0 Å². The summed E-state index contributed by atoms with van der Waals surface area (Å²) >= 11 is 13.4. The Morgan fingerprint density at radius 1 is 1.12 bits per heavy atom. The number of pyridine rings is 1. The third-order valence-electron chi connectivity index (χ3n) is 6.84. The number of rotatable bonds is 10. The summed E-state index contributed by atoms with van der Waals surface area (Å²) in [5.74, 6) is 0.876. The van der Waals surface area contributed by atoms with Gasteiger partial charge in [-0.25, -0.2) is 4.98 Å². The van der Waals surface area contributed by atoms with Crippen LogP contribution in [0.3, 0.4) is 0 Å². The van der Waals surface area contributed by atoms with Crippen LogP contribution in [0.4, 0.5) is 11.6 Å². The van der Waals surface area contributed by atoms with E-state index in [1.807, 2.05) is 30.3 Å². The van der Waals surface area contributed by atoms with Gasteiger partial charge in [0.25, 0.3) is 5.56 Å². The highest BCUT2D eigenvalue weighted by molar-refractivity contribution is 6.41. The summed E-state index contributed by atoms with van der Waals surface area (Å²) in [7, 11) is 2.95. The molecule has 5 rings (SSSR count). The van der Waals surface area contributed by atoms with Crippen LogP contribution in [-0.4, -0.2) is 65.2 Å². The number of nitrogens with one attached hydrogen (secondary N) is 2. The maximum Gasteiger partial charge on any atom is 0.260 e. The molecule has 10 nitrogen and oxygen atoms in total. The summed E-state index contributed by atoms with van der Waals surface area (Å²) < 4.78 is 12.4. The summed E-state index contributed by atoms with van der Waals surface area (Å²) in [4.78, 5) is 36.7. The van der Waals surface area contributed by atoms with Crippen molar-refractivity contribution in [3.05, 3.63) is 81.7 Å². The second kappa shape index (κ2) is 12.2. The van der Waals surface area contributed by atoms with Gasteiger partial charge < -0.3 is 25.0 Å². The van der Waals surface area contributed by atoms with E-state index in [1.165, 1.54) is 20.3 Å². The number of fused-ring (bicyclic) bond motifs is 1. The van der Waals surface area contributed by atoms with Crippen LogP contribution >= 0.6 is 23.2 Å². The first-order valence-electron chi connectivity index (χ1n) is 12.8. The molecule has 4 aromatic rings. The lowest BCUT2D eigenvalue weighted by Gasteiger charge is -2.39. The number of nitrogens with zero attached hydrogens (tertiary/aromatic N) is 4. The van der Waals surface area contributed by atoms with Crippen molar-refractivity contribution in [2.24, 2.45) is 0 Å². The molecular formula is C29H28Cl2N6O4. The van der Waals surface area contributed by atoms with E-state index < -0.39 is 0 Å². The van der Waals surface area contributed by atoms with Gasteiger partial charge in [0.15, 0.2) is 0 Å². The number of likely N-dealkylation sites (tertiary alicyclic amines) is 1. The standard InChI is InChI=1S/C29H28Cl2N6O4/c1-4-23(38)36-15-19(16-36)32-10-11-37-27-17(14-33-29(35-27)34-18-8-6-5-7-9-18)12-20(28(37)39)24-25(30)21(40-2)13-22(41-3)26(24)31/h4-9,12-14,19,32H,1,10-11,15-16H2,2-3H3,(H,33,34,35). The molecule has 2 aromatic carbocycles. The Hall–Kier alpha value is -4.12. The van der Waals surface area contributed by atoms with Gasteiger partial charge in [0.2, 0.25) is 11.9 Å². The quantitative estimate of drug-likeness (QED) is 0.258. The van der Waals surface area contributed by atoms with Crippen molar-refractivity contribution in [3.8, 4) is 22.6 Å². The largest absolute Gasteiger partial charge is 0.495 e. The first-order valence-corrected chi connectivity index (χ1v) is 13.6. The van der Waals surface area contributed by atoms with Gasteiger partial charge in [-0.05, 0) is 24.3 Å². The number of aromatic nitrogens is 3. The first-order chi connectivity index (χ1) is 19.8. The van der Waals surface area contributed by atoms with E-state index >= 15 is 0 Å². The lowest BCUT2D eigenvalue weighted by molar-refractivity contribution is -0.130. The number of methoxy groups -OCH3 is 2. The Morgan fingerprint density at radius 2 is 1.80 bits per heavy atom. The minimum atomic E-state index is -0.347. The van der Waals surface area contributed by atoms with Crippen LogP contribution in [0.5, 0.6) is 11.5 Å². The Balaban J connectivity index is 1.56. The van der Waals surface area contributed by atoms with Crippen molar-refractivity contribution in [3.63, 3.8) is 0 Å². The fourth-order valence-corrected chi connectivity index (χ4v) is 5.38. The van der Waals surface area contributed by atoms with E-state index in [0.717, 1.165) is 5.69 Å². The highest BCUT2D eigenvalue weighted by atomic mass is 35.5. The van der Waals surface area contributed by atoms with Gasteiger partial charge >= 0.3 is 0 Å². The van der Waals surface area contributed by atoms with Crippen molar-refractivity contribution in [2.75, 3.05) is 39.2 Å². The van der Waals surface area contributed by atoms with Crippen LogP contribution in [0.15, 0.2) is 66.1 Å². The average Bonchev–Trinajstić information content (AvgIpc) is 2.96. The van der Waals surface area contributed by atoms with Crippen LogP contribution in [0.2, 0.25) is 10.0 Å². The predicted octanol–water partition coefficient (Wildman–Crippen LogP) is 4.51. The average molecular weight is 595 g/mol. The maximum absolute atomic E-state index is 14.1. The maximum atomic E-state index is 14.1. The molecule has 2 N–H and O–H groups in total. The smallest absolute Gasteiger partial charge is 0.260 e. The molecule has 1 fully saturated rings. The SMILES string of the molecule is C=CC(=O)N1CC(NCCn2c(=O)c(-c3c(Cl)c(OC)cc(OC)c3Cl)cc3cnc(Nc4ccccc4)nc32)C1. The second-order valence-corrected chi connectivity index (χ2v) is 10.1. The van der Waals surface area contributed by atoms with Gasteiger partial charge in [-0.15, -0.1) is 0 Å².